The van der Waals surface area contributed by atoms with Crippen molar-refractivity contribution < 1.29 is 16.9 Å². The topological polar surface area (TPSA) is 0 Å². The van der Waals surface area contributed by atoms with Crippen LogP contribution < -0.4 is 12.4 Å². The van der Waals surface area contributed by atoms with E-state index in [0.717, 1.165) is 36.2 Å². The average molecular weight is 333 g/mol. The van der Waals surface area contributed by atoms with Crippen molar-refractivity contribution in [1.82, 2.24) is 0 Å². The highest BCUT2D eigenvalue weighted by atomic mass is 35.5. The van der Waals surface area contributed by atoms with Crippen LogP contribution in [0.4, 0.5) is 0 Å². The average Bonchev–Trinajstić information content (AvgIpc) is 2.34. The molecular weight excluding hydrogens is 313 g/mol. The molecule has 110 valence electrons. The summed E-state index contributed by atoms with van der Waals surface area (Å²) in [6, 6.07) is 5.63. The Kier molecular flexibility index (Phi) is 8.91. The van der Waals surface area contributed by atoms with E-state index in [4.69, 9.17) is 23.2 Å². The van der Waals surface area contributed by atoms with Crippen LogP contribution in [0.2, 0.25) is 10.0 Å². The first-order chi connectivity index (χ1) is 9.06. The van der Waals surface area contributed by atoms with Gasteiger partial charge in [-0.2, -0.15) is 0 Å². The summed E-state index contributed by atoms with van der Waals surface area (Å²) in [5.41, 5.74) is 1.08. The summed E-state index contributed by atoms with van der Waals surface area (Å²) in [6.07, 6.45) is 5.78. The molecule has 0 fully saturated rings. The molecule has 0 heterocycles. The molecule has 0 atom stereocenters. The van der Waals surface area contributed by atoms with Crippen LogP contribution in [-0.2, 0) is 6.54 Å². The van der Waals surface area contributed by atoms with Crippen molar-refractivity contribution in [2.45, 2.75) is 6.54 Å². The summed E-state index contributed by atoms with van der Waals surface area (Å²) in [5, 5.41) is 1.36. The Morgan fingerprint density at radius 2 is 1.45 bits per heavy atom. The third-order valence-corrected chi connectivity index (χ3v) is 3.66. The lowest BCUT2D eigenvalue weighted by Crippen LogP contribution is -3.00. The first kappa shape index (κ1) is 19.3. The SMILES string of the molecule is C=CC[N+](CC=C)(CC=C)Cc1ccc(Cl)cc1Cl.[Cl-]. The highest BCUT2D eigenvalue weighted by Crippen LogP contribution is 2.25. The van der Waals surface area contributed by atoms with Crippen molar-refractivity contribution in [2.75, 3.05) is 19.6 Å². The molecule has 0 amide bonds. The summed E-state index contributed by atoms with van der Waals surface area (Å²) < 4.78 is 0.790. The van der Waals surface area contributed by atoms with Gasteiger partial charge in [0.15, 0.2) is 0 Å². The first-order valence-corrected chi connectivity index (χ1v) is 6.94. The number of hydrogen-bond donors (Lipinski definition) is 0. The molecule has 1 nitrogen and oxygen atoms in total. The van der Waals surface area contributed by atoms with E-state index in [2.05, 4.69) is 19.7 Å². The molecule has 1 aromatic rings. The van der Waals surface area contributed by atoms with Gasteiger partial charge in [0.25, 0.3) is 0 Å². The lowest BCUT2D eigenvalue weighted by molar-refractivity contribution is -0.924. The zero-order chi connectivity index (χ0) is 14.3. The Morgan fingerprint density at radius 1 is 0.950 bits per heavy atom. The van der Waals surface area contributed by atoms with E-state index >= 15 is 0 Å². The van der Waals surface area contributed by atoms with Crippen LogP contribution in [0.3, 0.4) is 0 Å². The van der Waals surface area contributed by atoms with E-state index in [1.807, 2.05) is 30.4 Å². The predicted molar refractivity (Wildman–Crippen MR) is 85.6 cm³/mol. The second-order valence-corrected chi connectivity index (χ2v) is 5.49. The quantitative estimate of drug-likeness (QED) is 0.504. The highest BCUT2D eigenvalue weighted by Gasteiger charge is 2.24. The molecular formula is C16H20Cl3N. The molecule has 1 rings (SSSR count). The molecule has 0 aliphatic carbocycles. The van der Waals surface area contributed by atoms with Crippen molar-refractivity contribution in [2.24, 2.45) is 0 Å². The fourth-order valence-corrected chi connectivity index (χ4v) is 2.72. The Hall–Kier alpha value is -0.730. The highest BCUT2D eigenvalue weighted by molar-refractivity contribution is 6.35. The van der Waals surface area contributed by atoms with Crippen molar-refractivity contribution >= 4 is 23.2 Å². The van der Waals surface area contributed by atoms with Gasteiger partial charge in [0.1, 0.15) is 6.54 Å². The van der Waals surface area contributed by atoms with Gasteiger partial charge in [0.2, 0.25) is 0 Å². The molecule has 0 saturated carbocycles. The van der Waals surface area contributed by atoms with E-state index < -0.39 is 0 Å². The molecule has 0 bridgehead atoms. The lowest BCUT2D eigenvalue weighted by atomic mass is 10.1. The van der Waals surface area contributed by atoms with Gasteiger partial charge in [-0.3, -0.25) is 0 Å². The van der Waals surface area contributed by atoms with E-state index in [-0.39, 0.29) is 12.4 Å². The first-order valence-electron chi connectivity index (χ1n) is 6.18. The molecule has 0 radical (unpaired) electrons. The van der Waals surface area contributed by atoms with Crippen LogP contribution in [0.25, 0.3) is 0 Å². The molecule has 1 aromatic carbocycles. The molecule has 0 aromatic heterocycles. The summed E-state index contributed by atoms with van der Waals surface area (Å²) in [7, 11) is 0. The number of rotatable bonds is 8. The van der Waals surface area contributed by atoms with Gasteiger partial charge >= 0.3 is 0 Å². The zero-order valence-electron chi connectivity index (χ0n) is 11.5. The van der Waals surface area contributed by atoms with Crippen LogP contribution in [0.15, 0.2) is 56.2 Å². The van der Waals surface area contributed by atoms with Gasteiger partial charge in [0.05, 0.1) is 24.7 Å². The number of quaternary nitrogens is 1. The second kappa shape index (κ2) is 9.25. The fourth-order valence-electron chi connectivity index (χ4n) is 2.25. The molecule has 0 N–H and O–H groups in total. The summed E-state index contributed by atoms with van der Waals surface area (Å²) in [4.78, 5) is 0. The lowest BCUT2D eigenvalue weighted by Gasteiger charge is -2.36. The molecule has 20 heavy (non-hydrogen) atoms. The van der Waals surface area contributed by atoms with E-state index in [0.29, 0.717) is 10.0 Å². The molecule has 0 unspecified atom stereocenters. The van der Waals surface area contributed by atoms with Crippen LogP contribution in [0, 0.1) is 0 Å². The summed E-state index contributed by atoms with van der Waals surface area (Å²) in [6.45, 7) is 14.9. The van der Waals surface area contributed by atoms with Crippen molar-refractivity contribution in [3.8, 4) is 0 Å². The van der Waals surface area contributed by atoms with E-state index in [1.54, 1.807) is 6.07 Å². The van der Waals surface area contributed by atoms with E-state index in [1.165, 1.54) is 0 Å². The smallest absolute Gasteiger partial charge is 0.107 e. The Morgan fingerprint density at radius 3 is 1.85 bits per heavy atom. The normalized spacial score (nSPS) is 10.5. The standard InChI is InChI=1S/C16H20Cl2N.ClH/c1-4-9-19(10-5-2,11-6-3)13-14-7-8-15(17)12-16(14)18;/h4-8,12H,1-3,9-11,13H2;1H/q+1;/p-1. The summed E-state index contributed by atoms with van der Waals surface area (Å²) in [5.74, 6) is 0. The number of benzene rings is 1. The van der Waals surface area contributed by atoms with Crippen molar-refractivity contribution in [3.05, 3.63) is 71.8 Å². The van der Waals surface area contributed by atoms with Crippen LogP contribution in [-0.4, -0.2) is 24.1 Å². The number of nitrogens with zero attached hydrogens (tertiary/aromatic N) is 1. The van der Waals surface area contributed by atoms with Crippen LogP contribution in [0.5, 0.6) is 0 Å². The van der Waals surface area contributed by atoms with Gasteiger partial charge in [0, 0.05) is 10.6 Å². The monoisotopic (exact) mass is 331 g/mol. The maximum Gasteiger partial charge on any atom is 0.107 e. The van der Waals surface area contributed by atoms with Crippen LogP contribution >= 0.6 is 23.2 Å². The minimum atomic E-state index is 0. The Bertz CT molecular complexity index is 442. The minimum absolute atomic E-state index is 0. The Labute approximate surface area is 138 Å². The molecule has 0 aliphatic heterocycles. The largest absolute Gasteiger partial charge is 1.00 e. The second-order valence-electron chi connectivity index (χ2n) is 4.65. The number of halogens is 3. The zero-order valence-corrected chi connectivity index (χ0v) is 13.8. The maximum atomic E-state index is 6.26. The van der Waals surface area contributed by atoms with Gasteiger partial charge in [-0.05, 0) is 30.4 Å². The molecule has 0 saturated heterocycles. The fraction of sp³-hybridized carbons (Fsp3) is 0.250. The Balaban J connectivity index is 0.00000361. The van der Waals surface area contributed by atoms with Crippen molar-refractivity contribution in [1.29, 1.82) is 0 Å². The van der Waals surface area contributed by atoms with Gasteiger partial charge in [-0.15, -0.1) is 0 Å². The van der Waals surface area contributed by atoms with Gasteiger partial charge in [-0.1, -0.05) is 49.0 Å². The number of hydrogen-bond acceptors (Lipinski definition) is 0. The predicted octanol–water partition coefficient (Wildman–Crippen LogP) is 1.87. The van der Waals surface area contributed by atoms with Crippen LogP contribution in [0.1, 0.15) is 5.56 Å². The molecule has 0 aliphatic rings. The summed E-state index contributed by atoms with van der Waals surface area (Å²) >= 11 is 12.2. The van der Waals surface area contributed by atoms with Gasteiger partial charge in [-0.25, -0.2) is 0 Å². The maximum absolute atomic E-state index is 6.26. The minimum Gasteiger partial charge on any atom is -1.00 e. The van der Waals surface area contributed by atoms with Gasteiger partial charge < -0.3 is 16.9 Å². The molecule has 0 spiro atoms. The van der Waals surface area contributed by atoms with E-state index in [9.17, 15) is 0 Å². The third-order valence-electron chi connectivity index (χ3n) is 3.07. The van der Waals surface area contributed by atoms with Crippen molar-refractivity contribution in [3.63, 3.8) is 0 Å². The molecule has 4 heteroatoms. The third kappa shape index (κ3) is 5.34.